The first-order valence-electron chi connectivity index (χ1n) is 4.33. The van der Waals surface area contributed by atoms with Gasteiger partial charge in [-0.3, -0.25) is 9.48 Å². The van der Waals surface area contributed by atoms with E-state index in [1.165, 1.54) is 0 Å². The molecule has 0 bridgehead atoms. The fourth-order valence-electron chi connectivity index (χ4n) is 1.25. The maximum absolute atomic E-state index is 11.1. The second-order valence-corrected chi connectivity index (χ2v) is 4.11. The lowest BCUT2D eigenvalue weighted by Crippen LogP contribution is -1.87. The topological polar surface area (TPSA) is 47.8 Å². The van der Waals surface area contributed by atoms with Gasteiger partial charge in [-0.25, -0.2) is 0 Å². The number of carbonyl (C=O) groups is 1. The van der Waals surface area contributed by atoms with Crippen molar-refractivity contribution in [3.05, 3.63) is 36.0 Å². The molecule has 0 atom stereocenters. The number of hydrogen-bond donors (Lipinski definition) is 0. The second kappa shape index (κ2) is 4.09. The molecular formula is C10H8IN3O. The molecular weight excluding hydrogens is 305 g/mol. The van der Waals surface area contributed by atoms with Gasteiger partial charge in [-0.1, -0.05) is 17.3 Å². The van der Waals surface area contributed by atoms with Crippen molar-refractivity contribution >= 4 is 26.4 Å². The highest BCUT2D eigenvalue weighted by atomic mass is 127. The summed E-state index contributed by atoms with van der Waals surface area (Å²) in [6.45, 7) is 0. The van der Waals surface area contributed by atoms with Crippen LogP contribution in [0, 0.1) is 0 Å². The zero-order chi connectivity index (χ0) is 10.8. The van der Waals surface area contributed by atoms with Gasteiger partial charge in [-0.15, -0.1) is 5.10 Å². The molecule has 0 saturated carbocycles. The Kier molecular flexibility index (Phi) is 2.81. The third-order valence-corrected chi connectivity index (χ3v) is 2.63. The van der Waals surface area contributed by atoms with E-state index < -0.39 is 0 Å². The van der Waals surface area contributed by atoms with Gasteiger partial charge in [0.2, 0.25) is 3.79 Å². The molecule has 0 unspecified atom stereocenters. The maximum Gasteiger partial charge on any atom is 0.222 e. The highest BCUT2D eigenvalue weighted by Gasteiger charge is 2.04. The molecule has 1 heterocycles. The van der Waals surface area contributed by atoms with Gasteiger partial charge in [0, 0.05) is 40.8 Å². The van der Waals surface area contributed by atoms with Gasteiger partial charge in [-0.2, -0.15) is 0 Å². The van der Waals surface area contributed by atoms with E-state index in [-0.39, 0.29) is 3.79 Å². The maximum atomic E-state index is 11.1. The summed E-state index contributed by atoms with van der Waals surface area (Å²) in [5.74, 6) is 0. The van der Waals surface area contributed by atoms with Crippen LogP contribution in [0.4, 0.5) is 0 Å². The number of aryl methyl sites for hydroxylation is 1. The Morgan fingerprint density at radius 2 is 2.00 bits per heavy atom. The Morgan fingerprint density at radius 1 is 1.33 bits per heavy atom. The van der Waals surface area contributed by atoms with Gasteiger partial charge in [0.25, 0.3) is 0 Å². The van der Waals surface area contributed by atoms with Crippen LogP contribution >= 0.6 is 22.6 Å². The lowest BCUT2D eigenvalue weighted by Gasteiger charge is -1.96. The summed E-state index contributed by atoms with van der Waals surface area (Å²) in [6.07, 6.45) is 1.83. The lowest BCUT2D eigenvalue weighted by atomic mass is 10.1. The van der Waals surface area contributed by atoms with Crippen LogP contribution in [-0.4, -0.2) is 18.8 Å². The smallest absolute Gasteiger partial charge is 0.222 e. The highest BCUT2D eigenvalue weighted by molar-refractivity contribution is 14.1. The number of halogens is 1. The average Bonchev–Trinajstić information content (AvgIpc) is 2.65. The minimum Gasteiger partial charge on any atom is -0.282 e. The van der Waals surface area contributed by atoms with Crippen molar-refractivity contribution in [1.29, 1.82) is 0 Å². The summed E-state index contributed by atoms with van der Waals surface area (Å²) in [5, 5.41) is 7.84. The predicted octanol–water partition coefficient (Wildman–Crippen LogP) is 2.06. The van der Waals surface area contributed by atoms with Crippen molar-refractivity contribution in [2.45, 2.75) is 0 Å². The van der Waals surface area contributed by atoms with Crippen LogP contribution in [0.3, 0.4) is 0 Å². The molecule has 2 aromatic rings. The fraction of sp³-hybridized carbons (Fsp3) is 0.100. The Hall–Kier alpha value is -1.24. The van der Waals surface area contributed by atoms with E-state index in [0.29, 0.717) is 5.56 Å². The SMILES string of the molecule is Cn1cc(-c2ccc(C(=O)I)cc2)nn1. The third-order valence-electron chi connectivity index (χ3n) is 2.01. The zero-order valence-corrected chi connectivity index (χ0v) is 10.2. The lowest BCUT2D eigenvalue weighted by molar-refractivity contribution is 0.110. The van der Waals surface area contributed by atoms with Crippen LogP contribution in [0.5, 0.6) is 0 Å². The first-order chi connectivity index (χ1) is 7.16. The molecule has 1 aromatic heterocycles. The molecule has 5 heteroatoms. The number of rotatable bonds is 2. The van der Waals surface area contributed by atoms with Crippen LogP contribution in [0.25, 0.3) is 11.3 Å². The normalized spacial score (nSPS) is 10.3. The van der Waals surface area contributed by atoms with Crippen LogP contribution < -0.4 is 0 Å². The van der Waals surface area contributed by atoms with E-state index >= 15 is 0 Å². The molecule has 0 N–H and O–H groups in total. The summed E-state index contributed by atoms with van der Waals surface area (Å²) >= 11 is 1.77. The summed E-state index contributed by atoms with van der Waals surface area (Å²) in [5.41, 5.74) is 2.47. The first kappa shape index (κ1) is 10.3. The quantitative estimate of drug-likeness (QED) is 0.630. The van der Waals surface area contributed by atoms with Gasteiger partial charge in [0.05, 0.1) is 6.20 Å². The molecule has 0 spiro atoms. The fourth-order valence-corrected chi connectivity index (χ4v) is 1.61. The summed E-state index contributed by atoms with van der Waals surface area (Å²) < 4.78 is 1.69. The Labute approximate surface area is 100 Å². The molecule has 0 aliphatic carbocycles. The third kappa shape index (κ3) is 2.23. The second-order valence-electron chi connectivity index (χ2n) is 3.13. The molecule has 2 rings (SSSR count). The average molecular weight is 313 g/mol. The molecule has 0 amide bonds. The first-order valence-corrected chi connectivity index (χ1v) is 5.41. The minimum atomic E-state index is 0.0401. The van der Waals surface area contributed by atoms with E-state index in [1.807, 2.05) is 25.4 Å². The Balaban J connectivity index is 2.35. The predicted molar refractivity (Wildman–Crippen MR) is 64.8 cm³/mol. The number of benzene rings is 1. The molecule has 76 valence electrons. The van der Waals surface area contributed by atoms with Crippen LogP contribution in [0.15, 0.2) is 30.5 Å². The van der Waals surface area contributed by atoms with E-state index in [2.05, 4.69) is 10.3 Å². The monoisotopic (exact) mass is 313 g/mol. The molecule has 15 heavy (non-hydrogen) atoms. The highest BCUT2D eigenvalue weighted by Crippen LogP contribution is 2.17. The summed E-state index contributed by atoms with van der Waals surface area (Å²) in [7, 11) is 1.82. The van der Waals surface area contributed by atoms with Crippen molar-refractivity contribution in [1.82, 2.24) is 15.0 Å². The van der Waals surface area contributed by atoms with Gasteiger partial charge in [-0.05, 0) is 12.1 Å². The van der Waals surface area contributed by atoms with Gasteiger partial charge < -0.3 is 0 Å². The van der Waals surface area contributed by atoms with E-state index in [9.17, 15) is 4.79 Å². The number of aromatic nitrogens is 3. The van der Waals surface area contributed by atoms with Crippen molar-refractivity contribution in [3.63, 3.8) is 0 Å². The van der Waals surface area contributed by atoms with E-state index in [0.717, 1.165) is 11.3 Å². The van der Waals surface area contributed by atoms with Gasteiger partial charge in [0.15, 0.2) is 0 Å². The molecule has 0 saturated heterocycles. The standard InChI is InChI=1S/C10H8IN3O/c1-14-6-9(12-13-14)7-2-4-8(5-3-7)10(11)15/h2-6H,1H3. The van der Waals surface area contributed by atoms with Crippen LogP contribution in [-0.2, 0) is 7.05 Å². The van der Waals surface area contributed by atoms with Gasteiger partial charge >= 0.3 is 0 Å². The Bertz CT molecular complexity index is 490. The van der Waals surface area contributed by atoms with E-state index in [4.69, 9.17) is 0 Å². The van der Waals surface area contributed by atoms with Crippen molar-refractivity contribution in [2.75, 3.05) is 0 Å². The minimum absolute atomic E-state index is 0.0401. The molecule has 0 aliphatic rings. The van der Waals surface area contributed by atoms with Crippen molar-refractivity contribution < 1.29 is 4.79 Å². The van der Waals surface area contributed by atoms with Crippen LogP contribution in [0.2, 0.25) is 0 Å². The van der Waals surface area contributed by atoms with Crippen LogP contribution in [0.1, 0.15) is 10.4 Å². The van der Waals surface area contributed by atoms with Gasteiger partial charge in [0.1, 0.15) is 5.69 Å². The molecule has 0 fully saturated rings. The summed E-state index contributed by atoms with van der Waals surface area (Å²) in [4.78, 5) is 11.1. The molecule has 0 radical (unpaired) electrons. The largest absolute Gasteiger partial charge is 0.282 e. The zero-order valence-electron chi connectivity index (χ0n) is 8.01. The van der Waals surface area contributed by atoms with E-state index in [1.54, 1.807) is 39.4 Å². The Morgan fingerprint density at radius 3 is 2.47 bits per heavy atom. The molecule has 0 aliphatic heterocycles. The van der Waals surface area contributed by atoms with Crippen molar-refractivity contribution in [3.8, 4) is 11.3 Å². The number of carbonyl (C=O) groups excluding carboxylic acids is 1. The molecule has 4 nitrogen and oxygen atoms in total. The number of hydrogen-bond acceptors (Lipinski definition) is 3. The number of nitrogens with zero attached hydrogens (tertiary/aromatic N) is 3. The molecule has 1 aromatic carbocycles. The van der Waals surface area contributed by atoms with Crippen molar-refractivity contribution in [2.24, 2.45) is 7.05 Å². The summed E-state index contributed by atoms with van der Waals surface area (Å²) in [6, 6.07) is 7.32.